The van der Waals surface area contributed by atoms with E-state index in [0.29, 0.717) is 6.04 Å². The molecule has 0 spiro atoms. The molecular formula is C19H29N3O. The summed E-state index contributed by atoms with van der Waals surface area (Å²) >= 11 is 0. The first-order valence-electron chi connectivity index (χ1n) is 9.20. The molecule has 4 nitrogen and oxygen atoms in total. The number of amides is 2. The van der Waals surface area contributed by atoms with Crippen LogP contribution in [-0.4, -0.2) is 36.6 Å². The number of carbonyl (C=O) groups is 1. The molecule has 2 heterocycles. The van der Waals surface area contributed by atoms with Crippen molar-refractivity contribution < 1.29 is 4.79 Å². The molecule has 1 unspecified atom stereocenters. The van der Waals surface area contributed by atoms with Gasteiger partial charge in [0.1, 0.15) is 0 Å². The number of hydrogen-bond acceptors (Lipinski definition) is 2. The number of carbonyl (C=O) groups excluding carboxylic acids is 1. The number of rotatable bonds is 3. The van der Waals surface area contributed by atoms with E-state index in [9.17, 15) is 4.79 Å². The molecular weight excluding hydrogens is 286 g/mol. The maximum atomic E-state index is 12.5. The second-order valence-electron chi connectivity index (χ2n) is 6.78. The molecule has 1 aromatic rings. The second kappa shape index (κ2) is 7.71. The van der Waals surface area contributed by atoms with Crippen LogP contribution in [0, 0.1) is 0 Å². The Morgan fingerprint density at radius 1 is 1.04 bits per heavy atom. The number of urea groups is 1. The molecule has 23 heavy (non-hydrogen) atoms. The first-order chi connectivity index (χ1) is 11.3. The molecule has 0 aliphatic carbocycles. The van der Waals surface area contributed by atoms with Crippen LogP contribution in [0.5, 0.6) is 0 Å². The SMILES string of the molecule is CCC1CCCCN1C(=O)Nc1ccc(N2CCCCC2)cc1. The number of nitrogens with zero attached hydrogens (tertiary/aromatic N) is 2. The summed E-state index contributed by atoms with van der Waals surface area (Å²) < 4.78 is 0. The van der Waals surface area contributed by atoms with Crippen molar-refractivity contribution in [3.05, 3.63) is 24.3 Å². The molecule has 0 saturated carbocycles. The van der Waals surface area contributed by atoms with Crippen LogP contribution < -0.4 is 10.2 Å². The molecule has 4 heteroatoms. The summed E-state index contributed by atoms with van der Waals surface area (Å²) in [4.78, 5) is 17.0. The van der Waals surface area contributed by atoms with E-state index >= 15 is 0 Å². The minimum absolute atomic E-state index is 0.0577. The lowest BCUT2D eigenvalue weighted by Crippen LogP contribution is -2.45. The largest absolute Gasteiger partial charge is 0.372 e. The minimum Gasteiger partial charge on any atom is -0.372 e. The summed E-state index contributed by atoms with van der Waals surface area (Å²) in [5, 5.41) is 3.07. The van der Waals surface area contributed by atoms with Gasteiger partial charge in [-0.1, -0.05) is 6.92 Å². The van der Waals surface area contributed by atoms with Gasteiger partial charge in [0.15, 0.2) is 0 Å². The molecule has 0 bridgehead atoms. The van der Waals surface area contributed by atoms with Crippen LogP contribution in [-0.2, 0) is 0 Å². The van der Waals surface area contributed by atoms with E-state index in [2.05, 4.69) is 29.3 Å². The maximum Gasteiger partial charge on any atom is 0.322 e. The molecule has 1 atom stereocenters. The predicted octanol–water partition coefficient (Wildman–Crippen LogP) is 4.47. The standard InChI is InChI=1S/C19H29N3O/c1-2-17-8-4-7-15-22(17)19(23)20-16-9-11-18(12-10-16)21-13-5-3-6-14-21/h9-12,17H,2-8,13-15H2,1H3,(H,20,23). The number of piperidine rings is 2. The minimum atomic E-state index is 0.0577. The van der Waals surface area contributed by atoms with Crippen molar-refractivity contribution in [1.29, 1.82) is 0 Å². The molecule has 1 N–H and O–H groups in total. The Kier molecular flexibility index (Phi) is 5.42. The molecule has 126 valence electrons. The average molecular weight is 315 g/mol. The van der Waals surface area contributed by atoms with Crippen LogP contribution in [0.2, 0.25) is 0 Å². The molecule has 1 aromatic carbocycles. The van der Waals surface area contributed by atoms with Crippen LogP contribution in [0.4, 0.5) is 16.2 Å². The second-order valence-corrected chi connectivity index (χ2v) is 6.78. The molecule has 0 aromatic heterocycles. The third kappa shape index (κ3) is 3.98. The van der Waals surface area contributed by atoms with E-state index < -0.39 is 0 Å². The summed E-state index contributed by atoms with van der Waals surface area (Å²) in [6.45, 7) is 5.36. The highest BCUT2D eigenvalue weighted by atomic mass is 16.2. The lowest BCUT2D eigenvalue weighted by atomic mass is 10.0. The molecule has 2 amide bonds. The van der Waals surface area contributed by atoms with Crippen LogP contribution in [0.3, 0.4) is 0 Å². The fourth-order valence-corrected chi connectivity index (χ4v) is 3.80. The summed E-state index contributed by atoms with van der Waals surface area (Å²) in [5.41, 5.74) is 2.17. The fourth-order valence-electron chi connectivity index (χ4n) is 3.80. The van der Waals surface area contributed by atoms with Crippen molar-refractivity contribution in [2.75, 3.05) is 29.9 Å². The first kappa shape index (κ1) is 16.2. The number of anilines is 2. The molecule has 2 saturated heterocycles. The lowest BCUT2D eigenvalue weighted by molar-refractivity contribution is 0.160. The number of hydrogen-bond donors (Lipinski definition) is 1. The maximum absolute atomic E-state index is 12.5. The highest BCUT2D eigenvalue weighted by molar-refractivity contribution is 5.89. The number of likely N-dealkylation sites (tertiary alicyclic amines) is 1. The van der Waals surface area contributed by atoms with E-state index in [1.165, 1.54) is 31.4 Å². The van der Waals surface area contributed by atoms with E-state index in [1.807, 2.05) is 17.0 Å². The summed E-state index contributed by atoms with van der Waals surface area (Å²) in [6, 6.07) is 8.79. The Balaban J connectivity index is 1.60. The monoisotopic (exact) mass is 315 g/mol. The van der Waals surface area contributed by atoms with Crippen molar-refractivity contribution >= 4 is 17.4 Å². The Morgan fingerprint density at radius 2 is 1.74 bits per heavy atom. The normalized spacial score (nSPS) is 22.0. The fraction of sp³-hybridized carbons (Fsp3) is 0.632. The van der Waals surface area contributed by atoms with Gasteiger partial charge in [-0.25, -0.2) is 4.79 Å². The zero-order valence-corrected chi connectivity index (χ0v) is 14.3. The number of benzene rings is 1. The van der Waals surface area contributed by atoms with E-state index in [4.69, 9.17) is 0 Å². The van der Waals surface area contributed by atoms with Gasteiger partial charge in [-0.05, 0) is 69.2 Å². The number of nitrogens with one attached hydrogen (secondary N) is 1. The van der Waals surface area contributed by atoms with Gasteiger partial charge in [-0.2, -0.15) is 0 Å². The van der Waals surface area contributed by atoms with Crippen molar-refractivity contribution in [3.63, 3.8) is 0 Å². The molecule has 2 aliphatic heterocycles. The van der Waals surface area contributed by atoms with Gasteiger partial charge >= 0.3 is 6.03 Å². The summed E-state index contributed by atoms with van der Waals surface area (Å²) in [5.74, 6) is 0. The first-order valence-corrected chi connectivity index (χ1v) is 9.20. The zero-order valence-electron chi connectivity index (χ0n) is 14.3. The van der Waals surface area contributed by atoms with Crippen molar-refractivity contribution in [2.24, 2.45) is 0 Å². The topological polar surface area (TPSA) is 35.6 Å². The van der Waals surface area contributed by atoms with Gasteiger partial charge in [0.05, 0.1) is 0 Å². The van der Waals surface area contributed by atoms with Crippen molar-refractivity contribution in [1.82, 2.24) is 4.90 Å². The molecule has 0 radical (unpaired) electrons. The Hall–Kier alpha value is -1.71. The highest BCUT2D eigenvalue weighted by Gasteiger charge is 2.25. The van der Waals surface area contributed by atoms with E-state index in [-0.39, 0.29) is 6.03 Å². The van der Waals surface area contributed by atoms with Gasteiger partial charge in [0.2, 0.25) is 0 Å². The van der Waals surface area contributed by atoms with Crippen molar-refractivity contribution in [3.8, 4) is 0 Å². The summed E-state index contributed by atoms with van der Waals surface area (Å²) in [7, 11) is 0. The van der Waals surface area contributed by atoms with Gasteiger partial charge in [-0.3, -0.25) is 0 Å². The van der Waals surface area contributed by atoms with Gasteiger partial charge in [0.25, 0.3) is 0 Å². The van der Waals surface area contributed by atoms with Crippen LogP contribution in [0.25, 0.3) is 0 Å². The molecule has 2 fully saturated rings. The zero-order chi connectivity index (χ0) is 16.1. The van der Waals surface area contributed by atoms with Crippen LogP contribution in [0.1, 0.15) is 51.9 Å². The summed E-state index contributed by atoms with van der Waals surface area (Å²) in [6.07, 6.45) is 8.46. The lowest BCUT2D eigenvalue weighted by Gasteiger charge is -2.35. The van der Waals surface area contributed by atoms with E-state index in [1.54, 1.807) is 0 Å². The van der Waals surface area contributed by atoms with Gasteiger partial charge in [0, 0.05) is 37.1 Å². The quantitative estimate of drug-likeness (QED) is 0.893. The van der Waals surface area contributed by atoms with Crippen LogP contribution >= 0.6 is 0 Å². The average Bonchev–Trinajstić information content (AvgIpc) is 2.63. The van der Waals surface area contributed by atoms with Gasteiger partial charge < -0.3 is 15.1 Å². The third-order valence-corrected chi connectivity index (χ3v) is 5.20. The Labute approximate surface area is 139 Å². The van der Waals surface area contributed by atoms with E-state index in [0.717, 1.165) is 44.6 Å². The molecule has 2 aliphatic rings. The smallest absolute Gasteiger partial charge is 0.322 e. The Morgan fingerprint density at radius 3 is 2.43 bits per heavy atom. The van der Waals surface area contributed by atoms with Crippen LogP contribution in [0.15, 0.2) is 24.3 Å². The van der Waals surface area contributed by atoms with Gasteiger partial charge in [-0.15, -0.1) is 0 Å². The molecule has 3 rings (SSSR count). The predicted molar refractivity (Wildman–Crippen MR) is 96.2 cm³/mol. The Bertz CT molecular complexity index is 508. The highest BCUT2D eigenvalue weighted by Crippen LogP contribution is 2.23. The van der Waals surface area contributed by atoms with Crippen molar-refractivity contribution in [2.45, 2.75) is 57.9 Å². The third-order valence-electron chi connectivity index (χ3n) is 5.20.